The Kier molecular flexibility index (Phi) is 2.57. The number of benzene rings is 1. The molecule has 0 fully saturated rings. The second-order valence-electron chi connectivity index (χ2n) is 4.18. The molecule has 0 radical (unpaired) electrons. The zero-order valence-corrected chi connectivity index (χ0v) is 8.96. The van der Waals surface area contributed by atoms with E-state index in [1.165, 1.54) is 16.7 Å². The molecule has 14 heavy (non-hydrogen) atoms. The average Bonchev–Trinajstić information content (AvgIpc) is 2.17. The topological polar surface area (TPSA) is 29.3 Å². The fourth-order valence-electron chi connectivity index (χ4n) is 2.25. The number of nitrogens with zero attached hydrogens (tertiary/aromatic N) is 1. The summed E-state index contributed by atoms with van der Waals surface area (Å²) in [5, 5.41) is 0. The van der Waals surface area contributed by atoms with Gasteiger partial charge in [0, 0.05) is 19.1 Å². The summed E-state index contributed by atoms with van der Waals surface area (Å²) in [5.74, 6) is 0. The molecule has 2 nitrogen and oxygen atoms in total. The Morgan fingerprint density at radius 1 is 1.50 bits per heavy atom. The standard InChI is InChI=1S/C12H18N2/c1-9-3-4-10-5-6-14(2)12(8-13)11(10)7-9/h3-4,7,12H,5-6,8,13H2,1-2H3. The number of rotatable bonds is 1. The van der Waals surface area contributed by atoms with Crippen LogP contribution in [0.25, 0.3) is 0 Å². The monoisotopic (exact) mass is 190 g/mol. The van der Waals surface area contributed by atoms with Gasteiger partial charge in [-0.15, -0.1) is 0 Å². The van der Waals surface area contributed by atoms with Crippen LogP contribution < -0.4 is 5.73 Å². The van der Waals surface area contributed by atoms with Crippen molar-refractivity contribution in [2.75, 3.05) is 20.1 Å². The quantitative estimate of drug-likeness (QED) is 0.727. The van der Waals surface area contributed by atoms with Crippen molar-refractivity contribution in [1.29, 1.82) is 0 Å². The first-order valence-electron chi connectivity index (χ1n) is 5.22. The fraction of sp³-hybridized carbons (Fsp3) is 0.500. The second kappa shape index (κ2) is 3.71. The summed E-state index contributed by atoms with van der Waals surface area (Å²) in [4.78, 5) is 2.35. The first kappa shape index (κ1) is 9.69. The molecule has 76 valence electrons. The highest BCUT2D eigenvalue weighted by atomic mass is 15.1. The lowest BCUT2D eigenvalue weighted by Gasteiger charge is -2.34. The van der Waals surface area contributed by atoms with Gasteiger partial charge in [0.2, 0.25) is 0 Å². The molecule has 2 rings (SSSR count). The molecule has 2 heteroatoms. The summed E-state index contributed by atoms with van der Waals surface area (Å²) in [5.41, 5.74) is 10.1. The van der Waals surface area contributed by atoms with Crippen LogP contribution >= 0.6 is 0 Å². The maximum atomic E-state index is 5.82. The van der Waals surface area contributed by atoms with Crippen molar-refractivity contribution >= 4 is 0 Å². The predicted octanol–water partition coefficient (Wildman–Crippen LogP) is 1.48. The maximum absolute atomic E-state index is 5.82. The number of hydrogen-bond donors (Lipinski definition) is 1. The maximum Gasteiger partial charge on any atom is 0.0470 e. The van der Waals surface area contributed by atoms with Crippen LogP contribution in [0.4, 0.5) is 0 Å². The first-order valence-corrected chi connectivity index (χ1v) is 5.22. The van der Waals surface area contributed by atoms with Gasteiger partial charge in [0.1, 0.15) is 0 Å². The summed E-state index contributed by atoms with van der Waals surface area (Å²) in [6.45, 7) is 3.98. The summed E-state index contributed by atoms with van der Waals surface area (Å²) < 4.78 is 0. The third-order valence-electron chi connectivity index (χ3n) is 3.15. The molecule has 1 heterocycles. The van der Waals surface area contributed by atoms with Crippen LogP contribution in [-0.4, -0.2) is 25.0 Å². The van der Waals surface area contributed by atoms with Gasteiger partial charge in [0.15, 0.2) is 0 Å². The molecule has 0 aromatic heterocycles. The Bertz CT molecular complexity index is 333. The van der Waals surface area contributed by atoms with Crippen molar-refractivity contribution < 1.29 is 0 Å². The van der Waals surface area contributed by atoms with Crippen molar-refractivity contribution in [1.82, 2.24) is 4.90 Å². The zero-order chi connectivity index (χ0) is 10.1. The normalized spacial score (nSPS) is 22.1. The van der Waals surface area contributed by atoms with E-state index in [0.29, 0.717) is 12.6 Å². The highest BCUT2D eigenvalue weighted by Gasteiger charge is 2.22. The van der Waals surface area contributed by atoms with Gasteiger partial charge in [0.05, 0.1) is 0 Å². The Labute approximate surface area is 85.7 Å². The number of fused-ring (bicyclic) bond motifs is 1. The van der Waals surface area contributed by atoms with E-state index in [1.54, 1.807) is 0 Å². The van der Waals surface area contributed by atoms with Crippen molar-refractivity contribution in [2.24, 2.45) is 5.73 Å². The van der Waals surface area contributed by atoms with E-state index in [2.05, 4.69) is 37.1 Å². The van der Waals surface area contributed by atoms with Gasteiger partial charge in [-0.05, 0) is 31.5 Å². The van der Waals surface area contributed by atoms with Crippen LogP contribution in [-0.2, 0) is 6.42 Å². The van der Waals surface area contributed by atoms with Crippen LogP contribution in [0.1, 0.15) is 22.7 Å². The van der Waals surface area contributed by atoms with Crippen LogP contribution in [0.5, 0.6) is 0 Å². The van der Waals surface area contributed by atoms with Gasteiger partial charge in [-0.25, -0.2) is 0 Å². The van der Waals surface area contributed by atoms with E-state index in [0.717, 1.165) is 13.0 Å². The first-order chi connectivity index (χ1) is 6.72. The molecule has 0 amide bonds. The van der Waals surface area contributed by atoms with Crippen molar-refractivity contribution in [3.8, 4) is 0 Å². The molecule has 0 saturated heterocycles. The summed E-state index contributed by atoms with van der Waals surface area (Å²) in [7, 11) is 2.16. The lowest BCUT2D eigenvalue weighted by molar-refractivity contribution is 0.236. The van der Waals surface area contributed by atoms with Gasteiger partial charge in [0.25, 0.3) is 0 Å². The molecule has 1 aliphatic rings. The lowest BCUT2D eigenvalue weighted by Crippen LogP contribution is -2.36. The summed E-state index contributed by atoms with van der Waals surface area (Å²) in [6, 6.07) is 7.14. The molecule has 1 aliphatic heterocycles. The minimum absolute atomic E-state index is 0.415. The number of nitrogens with two attached hydrogens (primary N) is 1. The average molecular weight is 190 g/mol. The molecule has 0 bridgehead atoms. The molecular weight excluding hydrogens is 172 g/mol. The number of hydrogen-bond acceptors (Lipinski definition) is 2. The van der Waals surface area contributed by atoms with Crippen LogP contribution in [0.2, 0.25) is 0 Å². The second-order valence-corrected chi connectivity index (χ2v) is 4.18. The largest absolute Gasteiger partial charge is 0.329 e. The highest BCUT2D eigenvalue weighted by molar-refractivity contribution is 5.36. The Morgan fingerprint density at radius 2 is 2.29 bits per heavy atom. The van der Waals surface area contributed by atoms with Crippen LogP contribution in [0.15, 0.2) is 18.2 Å². The van der Waals surface area contributed by atoms with Crippen LogP contribution in [0.3, 0.4) is 0 Å². The van der Waals surface area contributed by atoms with E-state index >= 15 is 0 Å². The smallest absolute Gasteiger partial charge is 0.0470 e. The minimum Gasteiger partial charge on any atom is -0.329 e. The van der Waals surface area contributed by atoms with Crippen molar-refractivity contribution in [3.63, 3.8) is 0 Å². The van der Waals surface area contributed by atoms with E-state index in [4.69, 9.17) is 5.73 Å². The van der Waals surface area contributed by atoms with Crippen LogP contribution in [0, 0.1) is 6.92 Å². The number of aryl methyl sites for hydroxylation is 1. The van der Waals surface area contributed by atoms with Gasteiger partial charge in [-0.1, -0.05) is 23.8 Å². The Balaban J connectivity index is 2.43. The molecule has 0 saturated carbocycles. The Morgan fingerprint density at radius 3 is 3.00 bits per heavy atom. The van der Waals surface area contributed by atoms with Gasteiger partial charge < -0.3 is 5.73 Å². The molecule has 1 aromatic carbocycles. The van der Waals surface area contributed by atoms with Gasteiger partial charge in [-0.2, -0.15) is 0 Å². The SMILES string of the molecule is Cc1ccc2c(c1)C(CN)N(C)CC2. The third-order valence-corrected chi connectivity index (χ3v) is 3.15. The molecule has 0 spiro atoms. The minimum atomic E-state index is 0.415. The van der Waals surface area contributed by atoms with E-state index in [-0.39, 0.29) is 0 Å². The third kappa shape index (κ3) is 1.56. The van der Waals surface area contributed by atoms with Crippen molar-refractivity contribution in [2.45, 2.75) is 19.4 Å². The fourth-order valence-corrected chi connectivity index (χ4v) is 2.25. The van der Waals surface area contributed by atoms with Gasteiger partial charge in [-0.3, -0.25) is 4.90 Å². The molecule has 0 aliphatic carbocycles. The number of likely N-dealkylation sites (N-methyl/N-ethyl adjacent to an activating group) is 1. The molecular formula is C12H18N2. The van der Waals surface area contributed by atoms with E-state index < -0.39 is 0 Å². The van der Waals surface area contributed by atoms with E-state index in [1.807, 2.05) is 0 Å². The summed E-state index contributed by atoms with van der Waals surface area (Å²) >= 11 is 0. The molecule has 1 aromatic rings. The molecule has 1 atom stereocenters. The predicted molar refractivity (Wildman–Crippen MR) is 59.3 cm³/mol. The lowest BCUT2D eigenvalue weighted by atomic mass is 9.91. The molecule has 2 N–H and O–H groups in total. The Hall–Kier alpha value is -0.860. The molecule has 1 unspecified atom stereocenters. The highest BCUT2D eigenvalue weighted by Crippen LogP contribution is 2.28. The van der Waals surface area contributed by atoms with E-state index in [9.17, 15) is 0 Å². The zero-order valence-electron chi connectivity index (χ0n) is 8.96. The van der Waals surface area contributed by atoms with Gasteiger partial charge >= 0.3 is 0 Å². The summed E-state index contributed by atoms with van der Waals surface area (Å²) in [6.07, 6.45) is 1.16. The van der Waals surface area contributed by atoms with Crippen molar-refractivity contribution in [3.05, 3.63) is 34.9 Å².